The maximum absolute atomic E-state index is 8.80. The third-order valence-corrected chi connectivity index (χ3v) is 2.50. The van der Waals surface area contributed by atoms with Crippen LogP contribution >= 0.6 is 0 Å². The van der Waals surface area contributed by atoms with Crippen LogP contribution in [-0.2, 0) is 6.42 Å². The van der Waals surface area contributed by atoms with Crippen LogP contribution in [-0.4, -0.2) is 0 Å². The Hall–Kier alpha value is -1.55. The number of hydrogen-bond acceptors (Lipinski definition) is 1. The highest BCUT2D eigenvalue weighted by Gasteiger charge is 2.07. The first-order valence-corrected chi connectivity index (χ1v) is 4.88. The molecule has 1 atom stereocenters. The van der Waals surface area contributed by atoms with Gasteiger partial charge in [0.15, 0.2) is 0 Å². The van der Waals surface area contributed by atoms with E-state index in [9.17, 15) is 0 Å². The summed E-state index contributed by atoms with van der Waals surface area (Å²) >= 11 is 0. The van der Waals surface area contributed by atoms with Gasteiger partial charge in [-0.2, -0.15) is 5.26 Å². The Labute approximate surface area is 85.7 Å². The molecule has 1 aromatic carbocycles. The Morgan fingerprint density at radius 3 is 2.79 bits per heavy atom. The van der Waals surface area contributed by atoms with Crippen LogP contribution in [0.1, 0.15) is 36.5 Å². The zero-order valence-corrected chi connectivity index (χ0v) is 8.75. The zero-order chi connectivity index (χ0) is 10.6. The van der Waals surface area contributed by atoms with E-state index in [0.717, 1.165) is 12.0 Å². The third kappa shape index (κ3) is 2.03. The minimum Gasteiger partial charge on any atom is -0.192 e. The molecule has 0 saturated heterocycles. The van der Waals surface area contributed by atoms with Crippen molar-refractivity contribution < 1.29 is 0 Å². The molecule has 1 unspecified atom stereocenters. The molecular formula is C13H15N. The predicted octanol–water partition coefficient (Wildman–Crippen LogP) is 3.41. The normalized spacial score (nSPS) is 11.8. The molecule has 1 nitrogen and oxygen atoms in total. The molecule has 0 bridgehead atoms. The summed E-state index contributed by atoms with van der Waals surface area (Å²) in [6, 6.07) is 8.04. The third-order valence-electron chi connectivity index (χ3n) is 2.50. The van der Waals surface area contributed by atoms with Crippen molar-refractivity contribution in [3.63, 3.8) is 0 Å². The minimum atomic E-state index is 0.318. The number of allylic oxidation sites excluding steroid dienone is 1. The number of benzene rings is 1. The average molecular weight is 185 g/mol. The molecule has 0 aliphatic rings. The Bertz CT molecular complexity index is 371. The summed E-state index contributed by atoms with van der Waals surface area (Å²) in [5, 5.41) is 8.80. The minimum absolute atomic E-state index is 0.318. The van der Waals surface area contributed by atoms with Crippen LogP contribution in [0.3, 0.4) is 0 Å². The molecule has 0 N–H and O–H groups in total. The van der Waals surface area contributed by atoms with Crippen molar-refractivity contribution >= 4 is 0 Å². The number of rotatable bonds is 3. The maximum Gasteiger partial charge on any atom is 0.0991 e. The van der Waals surface area contributed by atoms with Crippen molar-refractivity contribution in [1.82, 2.24) is 0 Å². The fourth-order valence-electron chi connectivity index (χ4n) is 1.54. The van der Waals surface area contributed by atoms with E-state index in [1.165, 1.54) is 11.1 Å². The smallest absolute Gasteiger partial charge is 0.0991 e. The van der Waals surface area contributed by atoms with Crippen molar-refractivity contribution in [3.05, 3.63) is 47.5 Å². The monoisotopic (exact) mass is 185 g/mol. The number of hydrogen-bond donors (Lipinski definition) is 0. The van der Waals surface area contributed by atoms with E-state index < -0.39 is 0 Å². The maximum atomic E-state index is 8.80. The molecule has 0 amide bonds. The lowest BCUT2D eigenvalue weighted by molar-refractivity contribution is 0.930. The fourth-order valence-corrected chi connectivity index (χ4v) is 1.54. The Kier molecular flexibility index (Phi) is 3.48. The van der Waals surface area contributed by atoms with Gasteiger partial charge in [-0.3, -0.25) is 0 Å². The van der Waals surface area contributed by atoms with Gasteiger partial charge in [-0.1, -0.05) is 26.0 Å². The van der Waals surface area contributed by atoms with Crippen LogP contribution in [0.5, 0.6) is 0 Å². The summed E-state index contributed by atoms with van der Waals surface area (Å²) in [5.74, 6) is 0.318. The molecule has 0 spiro atoms. The Balaban J connectivity index is 3.22. The fraction of sp³-hybridized carbons (Fsp3) is 0.308. The quantitative estimate of drug-likeness (QED) is 0.662. The van der Waals surface area contributed by atoms with Gasteiger partial charge in [0.1, 0.15) is 0 Å². The first-order chi connectivity index (χ1) is 6.72. The summed E-state index contributed by atoms with van der Waals surface area (Å²) in [5.41, 5.74) is 3.25. The van der Waals surface area contributed by atoms with Gasteiger partial charge in [0, 0.05) is 0 Å². The summed E-state index contributed by atoms with van der Waals surface area (Å²) in [4.78, 5) is 0. The van der Waals surface area contributed by atoms with Gasteiger partial charge in [-0.05, 0) is 35.6 Å². The van der Waals surface area contributed by atoms with Gasteiger partial charge in [-0.25, -0.2) is 0 Å². The SMILES string of the molecule is C=CC(C)c1cc(C#N)ccc1CC. The van der Waals surface area contributed by atoms with Gasteiger partial charge < -0.3 is 0 Å². The van der Waals surface area contributed by atoms with Crippen LogP contribution in [0.4, 0.5) is 0 Å². The van der Waals surface area contributed by atoms with Gasteiger partial charge in [0.05, 0.1) is 11.6 Å². The van der Waals surface area contributed by atoms with Gasteiger partial charge >= 0.3 is 0 Å². The standard InChI is InChI=1S/C13H15N/c1-4-10(3)13-8-11(9-14)6-7-12(13)5-2/h4,6-8,10H,1,5H2,2-3H3. The molecule has 72 valence electrons. The van der Waals surface area contributed by atoms with E-state index in [0.29, 0.717) is 5.92 Å². The van der Waals surface area contributed by atoms with Crippen LogP contribution < -0.4 is 0 Å². The van der Waals surface area contributed by atoms with Crippen LogP contribution in [0.2, 0.25) is 0 Å². The summed E-state index contributed by atoms with van der Waals surface area (Å²) < 4.78 is 0. The first-order valence-electron chi connectivity index (χ1n) is 4.88. The molecule has 0 saturated carbocycles. The van der Waals surface area contributed by atoms with Crippen molar-refractivity contribution in [2.24, 2.45) is 0 Å². The topological polar surface area (TPSA) is 23.8 Å². The molecule has 1 aromatic rings. The molecule has 1 rings (SSSR count). The van der Waals surface area contributed by atoms with Crippen molar-refractivity contribution in [2.45, 2.75) is 26.2 Å². The number of nitriles is 1. The van der Waals surface area contributed by atoms with E-state index in [2.05, 4.69) is 26.5 Å². The van der Waals surface area contributed by atoms with Crippen molar-refractivity contribution in [1.29, 1.82) is 5.26 Å². The highest BCUT2D eigenvalue weighted by Crippen LogP contribution is 2.22. The van der Waals surface area contributed by atoms with E-state index in [4.69, 9.17) is 5.26 Å². The van der Waals surface area contributed by atoms with Gasteiger partial charge in [0.25, 0.3) is 0 Å². The van der Waals surface area contributed by atoms with Gasteiger partial charge in [0.2, 0.25) is 0 Å². The largest absolute Gasteiger partial charge is 0.192 e. The molecule has 0 fully saturated rings. The Morgan fingerprint density at radius 2 is 2.29 bits per heavy atom. The number of nitrogens with zero attached hydrogens (tertiary/aromatic N) is 1. The summed E-state index contributed by atoms with van der Waals surface area (Å²) in [7, 11) is 0. The zero-order valence-electron chi connectivity index (χ0n) is 8.75. The second-order valence-electron chi connectivity index (χ2n) is 3.40. The lowest BCUT2D eigenvalue weighted by Gasteiger charge is -2.12. The van der Waals surface area contributed by atoms with Crippen LogP contribution in [0.25, 0.3) is 0 Å². The molecule has 14 heavy (non-hydrogen) atoms. The van der Waals surface area contributed by atoms with Crippen LogP contribution in [0.15, 0.2) is 30.9 Å². The van der Waals surface area contributed by atoms with E-state index in [1.807, 2.05) is 24.3 Å². The highest BCUT2D eigenvalue weighted by molar-refractivity contribution is 5.41. The van der Waals surface area contributed by atoms with E-state index >= 15 is 0 Å². The highest BCUT2D eigenvalue weighted by atomic mass is 14.2. The average Bonchev–Trinajstić information content (AvgIpc) is 2.27. The molecule has 0 aliphatic heterocycles. The van der Waals surface area contributed by atoms with E-state index in [-0.39, 0.29) is 0 Å². The number of aryl methyl sites for hydroxylation is 1. The summed E-state index contributed by atoms with van der Waals surface area (Å²) in [6.07, 6.45) is 2.91. The summed E-state index contributed by atoms with van der Waals surface area (Å²) in [6.45, 7) is 8.01. The molecule has 1 heteroatoms. The van der Waals surface area contributed by atoms with Crippen molar-refractivity contribution in [2.75, 3.05) is 0 Å². The lowest BCUT2D eigenvalue weighted by Crippen LogP contribution is -1.96. The lowest BCUT2D eigenvalue weighted by atomic mass is 9.93. The molecular weight excluding hydrogens is 170 g/mol. The van der Waals surface area contributed by atoms with E-state index in [1.54, 1.807) is 0 Å². The van der Waals surface area contributed by atoms with Gasteiger partial charge in [-0.15, -0.1) is 6.58 Å². The molecule has 0 aromatic heterocycles. The van der Waals surface area contributed by atoms with Crippen LogP contribution in [0, 0.1) is 11.3 Å². The Morgan fingerprint density at radius 1 is 1.57 bits per heavy atom. The molecule has 0 radical (unpaired) electrons. The van der Waals surface area contributed by atoms with Crippen molar-refractivity contribution in [3.8, 4) is 6.07 Å². The first kappa shape index (κ1) is 10.5. The second-order valence-corrected chi connectivity index (χ2v) is 3.40. The molecule has 0 aliphatic carbocycles. The second kappa shape index (κ2) is 4.62. The molecule has 0 heterocycles. The predicted molar refractivity (Wildman–Crippen MR) is 59.1 cm³/mol.